The van der Waals surface area contributed by atoms with E-state index in [4.69, 9.17) is 0 Å². The minimum absolute atomic E-state index is 0.0562. The van der Waals surface area contributed by atoms with Crippen LogP contribution in [0, 0.1) is 17.8 Å². The van der Waals surface area contributed by atoms with Crippen LogP contribution in [0.3, 0.4) is 0 Å². The summed E-state index contributed by atoms with van der Waals surface area (Å²) in [4.78, 5) is 50.3. The molecular formula is C28H29N5O4. The summed E-state index contributed by atoms with van der Waals surface area (Å²) in [6, 6.07) is 9.90. The normalized spacial score (nSPS) is 24.0. The Morgan fingerprint density at radius 3 is 2.38 bits per heavy atom. The number of pyridine rings is 3. The molecule has 190 valence electrons. The average Bonchev–Trinajstić information content (AvgIpc) is 3.63. The second-order valence-electron chi connectivity index (χ2n) is 10.1. The van der Waals surface area contributed by atoms with Crippen molar-refractivity contribution < 1.29 is 14.7 Å². The van der Waals surface area contributed by atoms with Gasteiger partial charge in [0.25, 0.3) is 5.56 Å². The van der Waals surface area contributed by atoms with Crippen LogP contribution in [-0.2, 0) is 22.6 Å². The van der Waals surface area contributed by atoms with E-state index in [9.17, 15) is 19.5 Å². The SMILES string of the molecule is O=C(NCCc1ccncc1)[C@H]1[C@H](CO)[C@H]2Cn3c(ccc(-c4ccncc4)c3=O)[C@H]2N1C(=O)C1CC1. The van der Waals surface area contributed by atoms with Crippen molar-refractivity contribution in [1.82, 2.24) is 24.8 Å². The number of nitrogens with one attached hydrogen (secondary N) is 1. The number of amides is 2. The molecule has 5 heterocycles. The Morgan fingerprint density at radius 2 is 1.70 bits per heavy atom. The molecule has 2 amide bonds. The van der Waals surface area contributed by atoms with Gasteiger partial charge >= 0.3 is 0 Å². The molecule has 2 fully saturated rings. The van der Waals surface area contributed by atoms with Crippen molar-refractivity contribution >= 4 is 11.8 Å². The first-order valence-electron chi connectivity index (χ1n) is 12.8. The Labute approximate surface area is 214 Å². The second kappa shape index (κ2) is 9.55. The predicted octanol–water partition coefficient (Wildman–Crippen LogP) is 1.56. The van der Waals surface area contributed by atoms with Gasteiger partial charge in [0.05, 0.1) is 6.04 Å². The van der Waals surface area contributed by atoms with Gasteiger partial charge in [0.2, 0.25) is 11.8 Å². The van der Waals surface area contributed by atoms with Crippen LogP contribution in [0.4, 0.5) is 0 Å². The van der Waals surface area contributed by atoms with Gasteiger partial charge < -0.3 is 19.9 Å². The number of carbonyl (C=O) groups excluding carboxylic acids is 2. The molecule has 3 aliphatic rings. The summed E-state index contributed by atoms with van der Waals surface area (Å²) < 4.78 is 1.72. The van der Waals surface area contributed by atoms with Gasteiger partial charge in [-0.3, -0.25) is 24.4 Å². The summed E-state index contributed by atoms with van der Waals surface area (Å²) in [6.07, 6.45) is 8.99. The summed E-state index contributed by atoms with van der Waals surface area (Å²) in [7, 11) is 0. The maximum absolute atomic E-state index is 13.6. The molecule has 2 N–H and O–H groups in total. The number of carbonyl (C=O) groups is 2. The van der Waals surface area contributed by atoms with Crippen LogP contribution in [-0.4, -0.2) is 55.5 Å². The first-order valence-corrected chi connectivity index (χ1v) is 12.8. The van der Waals surface area contributed by atoms with E-state index in [0.29, 0.717) is 25.1 Å². The van der Waals surface area contributed by atoms with Gasteiger partial charge in [0.15, 0.2) is 0 Å². The molecule has 2 aliphatic heterocycles. The summed E-state index contributed by atoms with van der Waals surface area (Å²) >= 11 is 0. The molecular weight excluding hydrogens is 470 g/mol. The van der Waals surface area contributed by atoms with Gasteiger partial charge in [-0.1, -0.05) is 0 Å². The molecule has 6 rings (SSSR count). The zero-order chi connectivity index (χ0) is 25.5. The summed E-state index contributed by atoms with van der Waals surface area (Å²) in [5.41, 5.74) is 3.00. The van der Waals surface area contributed by atoms with Crippen molar-refractivity contribution in [2.45, 2.75) is 37.9 Å². The molecule has 37 heavy (non-hydrogen) atoms. The fraction of sp³-hybridized carbons (Fsp3) is 0.393. The number of likely N-dealkylation sites (tertiary alicyclic amines) is 1. The van der Waals surface area contributed by atoms with E-state index in [1.165, 1.54) is 0 Å². The third kappa shape index (κ3) is 4.13. The first-order chi connectivity index (χ1) is 18.1. The summed E-state index contributed by atoms with van der Waals surface area (Å²) in [5.74, 6) is -1.08. The molecule has 0 unspecified atom stereocenters. The van der Waals surface area contributed by atoms with Crippen molar-refractivity contribution in [3.63, 3.8) is 0 Å². The van der Waals surface area contributed by atoms with E-state index in [-0.39, 0.29) is 35.8 Å². The third-order valence-corrected chi connectivity index (χ3v) is 7.98. The van der Waals surface area contributed by atoms with Crippen molar-refractivity contribution in [3.05, 3.63) is 82.8 Å². The smallest absolute Gasteiger partial charge is 0.258 e. The zero-order valence-electron chi connectivity index (χ0n) is 20.4. The molecule has 0 spiro atoms. The highest BCUT2D eigenvalue weighted by atomic mass is 16.3. The Bertz CT molecular complexity index is 1370. The first kappa shape index (κ1) is 23.5. The van der Waals surface area contributed by atoms with Gasteiger partial charge in [-0.2, -0.15) is 0 Å². The van der Waals surface area contributed by atoms with Crippen LogP contribution in [0.2, 0.25) is 0 Å². The standard InChI is InChI=1S/C28H29N5O4/c34-16-22-21-15-32-23(4-3-20(28(32)37)18-8-12-30-13-9-18)24(21)33(27(36)19-1-2-19)25(22)26(35)31-14-7-17-5-10-29-11-6-17/h3-6,8-13,19,21-22,24-25,34H,1-2,7,14-16H2,(H,31,35)/t21-,22-,24+,25-/m1/s1. The number of aliphatic hydroxyl groups excluding tert-OH is 1. The molecule has 4 atom stereocenters. The lowest BCUT2D eigenvalue weighted by Gasteiger charge is -2.31. The van der Waals surface area contributed by atoms with Crippen molar-refractivity contribution in [2.24, 2.45) is 17.8 Å². The lowest BCUT2D eigenvalue weighted by atomic mass is 9.88. The van der Waals surface area contributed by atoms with Crippen LogP contribution < -0.4 is 10.9 Å². The van der Waals surface area contributed by atoms with E-state index in [1.54, 1.807) is 52.5 Å². The zero-order valence-corrected chi connectivity index (χ0v) is 20.4. The van der Waals surface area contributed by atoms with Crippen LogP contribution in [0.5, 0.6) is 0 Å². The maximum Gasteiger partial charge on any atom is 0.258 e. The molecule has 3 aromatic rings. The average molecular weight is 500 g/mol. The molecule has 9 heteroatoms. The molecule has 1 saturated heterocycles. The quantitative estimate of drug-likeness (QED) is 0.510. The number of fused-ring (bicyclic) bond motifs is 3. The van der Waals surface area contributed by atoms with Gasteiger partial charge in [-0.05, 0) is 66.8 Å². The van der Waals surface area contributed by atoms with Gasteiger partial charge in [0.1, 0.15) is 6.04 Å². The highest BCUT2D eigenvalue weighted by molar-refractivity contribution is 5.91. The molecule has 0 radical (unpaired) electrons. The Kier molecular flexibility index (Phi) is 6.08. The highest BCUT2D eigenvalue weighted by Crippen LogP contribution is 2.51. The van der Waals surface area contributed by atoms with E-state index in [2.05, 4.69) is 15.3 Å². The molecule has 1 aliphatic carbocycles. The summed E-state index contributed by atoms with van der Waals surface area (Å²) in [5, 5.41) is 13.4. The number of aromatic nitrogens is 3. The van der Waals surface area contributed by atoms with Gasteiger partial charge in [-0.15, -0.1) is 0 Å². The van der Waals surface area contributed by atoms with Crippen molar-refractivity contribution in [3.8, 4) is 11.1 Å². The molecule has 1 saturated carbocycles. The second-order valence-corrected chi connectivity index (χ2v) is 10.1. The van der Waals surface area contributed by atoms with Crippen LogP contribution >= 0.6 is 0 Å². The fourth-order valence-corrected chi connectivity index (χ4v) is 6.01. The van der Waals surface area contributed by atoms with Crippen LogP contribution in [0.15, 0.2) is 66.0 Å². The topological polar surface area (TPSA) is 117 Å². The van der Waals surface area contributed by atoms with E-state index in [1.807, 2.05) is 18.2 Å². The molecule has 0 bridgehead atoms. The van der Waals surface area contributed by atoms with Crippen LogP contribution in [0.25, 0.3) is 11.1 Å². The minimum atomic E-state index is -0.769. The van der Waals surface area contributed by atoms with E-state index >= 15 is 0 Å². The Morgan fingerprint density at radius 1 is 1.00 bits per heavy atom. The van der Waals surface area contributed by atoms with E-state index < -0.39 is 18.0 Å². The molecule has 9 nitrogen and oxygen atoms in total. The number of hydrogen-bond acceptors (Lipinski definition) is 6. The third-order valence-electron chi connectivity index (χ3n) is 7.98. The molecule has 0 aromatic carbocycles. The maximum atomic E-state index is 13.6. The molecule has 3 aromatic heterocycles. The van der Waals surface area contributed by atoms with Crippen molar-refractivity contribution in [2.75, 3.05) is 13.2 Å². The minimum Gasteiger partial charge on any atom is -0.396 e. The lowest BCUT2D eigenvalue weighted by Crippen LogP contribution is -2.51. The largest absolute Gasteiger partial charge is 0.396 e. The van der Waals surface area contributed by atoms with E-state index in [0.717, 1.165) is 29.7 Å². The highest BCUT2D eigenvalue weighted by Gasteiger charge is 2.58. The number of nitrogens with zero attached hydrogens (tertiary/aromatic N) is 4. The monoisotopic (exact) mass is 499 g/mol. The van der Waals surface area contributed by atoms with Crippen molar-refractivity contribution in [1.29, 1.82) is 0 Å². The fourth-order valence-electron chi connectivity index (χ4n) is 6.01. The Hall–Kier alpha value is -3.85. The number of rotatable bonds is 7. The summed E-state index contributed by atoms with van der Waals surface area (Å²) in [6.45, 7) is 0.542. The Balaban J connectivity index is 1.31. The van der Waals surface area contributed by atoms with Crippen LogP contribution in [0.1, 0.15) is 30.1 Å². The number of hydrogen-bond donors (Lipinski definition) is 2. The number of aliphatic hydroxyl groups is 1. The predicted molar refractivity (Wildman–Crippen MR) is 135 cm³/mol. The van der Waals surface area contributed by atoms with Gasteiger partial charge in [0, 0.05) is 73.5 Å². The van der Waals surface area contributed by atoms with Gasteiger partial charge in [-0.25, -0.2) is 0 Å². The lowest BCUT2D eigenvalue weighted by molar-refractivity contribution is -0.142.